The number of nitro groups is 1. The van der Waals surface area contributed by atoms with E-state index in [-0.39, 0.29) is 42.1 Å². The summed E-state index contributed by atoms with van der Waals surface area (Å²) in [6, 6.07) is 17.7. The maximum atomic E-state index is 13.6. The lowest BCUT2D eigenvalue weighted by molar-refractivity contribution is -0.384. The third-order valence-corrected chi connectivity index (χ3v) is 6.53. The Morgan fingerprint density at radius 3 is 2.53 bits per heavy atom. The lowest BCUT2D eigenvalue weighted by Gasteiger charge is -2.25. The van der Waals surface area contributed by atoms with Gasteiger partial charge in [-0.15, -0.1) is 0 Å². The molecule has 0 aliphatic carbocycles. The smallest absolute Gasteiger partial charge is 0.419 e. The van der Waals surface area contributed by atoms with Crippen molar-refractivity contribution in [3.05, 3.63) is 100 Å². The fourth-order valence-corrected chi connectivity index (χ4v) is 4.66. The highest BCUT2D eigenvalue weighted by Gasteiger charge is 2.40. The molecular weight excluding hydrogens is 490 g/mol. The largest absolute Gasteiger partial charge is 0.493 e. The number of benzene rings is 3. The van der Waals surface area contributed by atoms with E-state index in [1.54, 1.807) is 17.0 Å². The second-order valence-electron chi connectivity index (χ2n) is 9.07. The number of nitro benzene ring substituents is 1. The average molecular weight is 516 g/mol. The van der Waals surface area contributed by atoms with Crippen LogP contribution in [0.3, 0.4) is 0 Å². The van der Waals surface area contributed by atoms with Gasteiger partial charge in [-0.1, -0.05) is 42.5 Å². The van der Waals surface area contributed by atoms with E-state index in [0.29, 0.717) is 30.2 Å². The predicted molar refractivity (Wildman–Crippen MR) is 139 cm³/mol. The Balaban J connectivity index is 1.51. The van der Waals surface area contributed by atoms with E-state index in [9.17, 15) is 19.7 Å². The van der Waals surface area contributed by atoms with Gasteiger partial charge in [-0.05, 0) is 30.2 Å². The molecule has 3 aromatic rings. The number of hydrogen-bond donors (Lipinski definition) is 0. The molecule has 2 aliphatic rings. The number of non-ortho nitro benzene ring substituents is 1. The number of ether oxygens (including phenoxy) is 3. The first-order chi connectivity index (χ1) is 18.3. The zero-order valence-electron chi connectivity index (χ0n) is 20.7. The van der Waals surface area contributed by atoms with Crippen LogP contribution in [0.4, 0.5) is 16.2 Å². The molecule has 0 aromatic heterocycles. The second kappa shape index (κ2) is 10.3. The molecule has 2 amide bonds. The van der Waals surface area contributed by atoms with Crippen molar-refractivity contribution in [3.8, 4) is 17.2 Å². The minimum absolute atomic E-state index is 0.122. The highest BCUT2D eigenvalue weighted by atomic mass is 16.6. The van der Waals surface area contributed by atoms with E-state index in [0.717, 1.165) is 11.1 Å². The van der Waals surface area contributed by atoms with E-state index < -0.39 is 11.0 Å². The normalized spacial score (nSPS) is 16.4. The number of fused-ring (bicyclic) bond motifs is 2. The van der Waals surface area contributed by atoms with Gasteiger partial charge in [0.05, 0.1) is 35.9 Å². The van der Waals surface area contributed by atoms with Crippen molar-refractivity contribution in [1.29, 1.82) is 0 Å². The molecule has 3 aromatic carbocycles. The number of amides is 2. The van der Waals surface area contributed by atoms with Crippen LogP contribution in [0.1, 0.15) is 22.3 Å². The fraction of sp³-hybridized carbons (Fsp3) is 0.214. The number of hydrogen-bond acceptors (Lipinski definition) is 7. The van der Waals surface area contributed by atoms with Crippen molar-refractivity contribution in [2.75, 3.05) is 25.1 Å². The number of nitrogens with zero attached hydrogens (tertiary/aromatic N) is 3. The van der Waals surface area contributed by atoms with E-state index in [1.165, 1.54) is 36.3 Å². The van der Waals surface area contributed by atoms with Crippen molar-refractivity contribution >= 4 is 23.4 Å². The number of methoxy groups -OCH3 is 1. The molecule has 0 bridgehead atoms. The van der Waals surface area contributed by atoms with E-state index in [2.05, 4.69) is 6.58 Å². The Kier molecular flexibility index (Phi) is 6.69. The monoisotopic (exact) mass is 515 g/mol. The van der Waals surface area contributed by atoms with Gasteiger partial charge in [-0.3, -0.25) is 19.8 Å². The number of carbonyl (C=O) groups excluding carboxylic acids is 2. The summed E-state index contributed by atoms with van der Waals surface area (Å²) in [4.78, 5) is 40.6. The van der Waals surface area contributed by atoms with Gasteiger partial charge in [0, 0.05) is 24.7 Å². The molecule has 194 valence electrons. The molecule has 0 spiro atoms. The van der Waals surface area contributed by atoms with Gasteiger partial charge >= 0.3 is 6.09 Å². The van der Waals surface area contributed by atoms with Crippen LogP contribution in [0.5, 0.6) is 17.2 Å². The van der Waals surface area contributed by atoms with Crippen molar-refractivity contribution in [3.63, 3.8) is 0 Å². The van der Waals surface area contributed by atoms with Gasteiger partial charge in [0.2, 0.25) is 0 Å². The highest BCUT2D eigenvalue weighted by molar-refractivity contribution is 6.06. The maximum absolute atomic E-state index is 13.6. The van der Waals surface area contributed by atoms with E-state index >= 15 is 0 Å². The van der Waals surface area contributed by atoms with Crippen LogP contribution < -0.4 is 19.1 Å². The van der Waals surface area contributed by atoms with Crippen molar-refractivity contribution < 1.29 is 28.7 Å². The zero-order valence-corrected chi connectivity index (χ0v) is 20.7. The molecule has 2 aliphatic heterocycles. The number of anilines is 1. The summed E-state index contributed by atoms with van der Waals surface area (Å²) in [6.45, 7) is 4.85. The van der Waals surface area contributed by atoms with Crippen molar-refractivity contribution in [2.24, 2.45) is 0 Å². The molecule has 1 saturated heterocycles. The first kappa shape index (κ1) is 24.8. The molecule has 10 nitrogen and oxygen atoms in total. The Labute approximate surface area is 218 Å². The van der Waals surface area contributed by atoms with Gasteiger partial charge in [0.15, 0.2) is 11.5 Å². The quantitative estimate of drug-likeness (QED) is 0.259. The Morgan fingerprint density at radius 2 is 1.84 bits per heavy atom. The highest BCUT2D eigenvalue weighted by Crippen LogP contribution is 2.40. The Morgan fingerprint density at radius 1 is 1.11 bits per heavy atom. The fourth-order valence-electron chi connectivity index (χ4n) is 4.66. The van der Waals surface area contributed by atoms with Gasteiger partial charge < -0.3 is 19.1 Å². The van der Waals surface area contributed by atoms with Crippen LogP contribution in [0, 0.1) is 10.1 Å². The average Bonchev–Trinajstić information content (AvgIpc) is 3.25. The molecule has 0 unspecified atom stereocenters. The van der Waals surface area contributed by atoms with E-state index in [1.807, 2.05) is 30.3 Å². The first-order valence-corrected chi connectivity index (χ1v) is 11.9. The summed E-state index contributed by atoms with van der Waals surface area (Å²) in [5.41, 5.74) is 2.31. The van der Waals surface area contributed by atoms with Crippen LogP contribution in [0.15, 0.2) is 78.9 Å². The summed E-state index contributed by atoms with van der Waals surface area (Å²) in [5.74, 6) is 0.609. The Hall–Kier alpha value is -4.86. The molecule has 1 atom stereocenters. The topological polar surface area (TPSA) is 111 Å². The molecule has 0 N–H and O–H groups in total. The van der Waals surface area contributed by atoms with Crippen LogP contribution in [-0.4, -0.2) is 48.1 Å². The second-order valence-corrected chi connectivity index (χ2v) is 9.07. The third-order valence-electron chi connectivity index (χ3n) is 6.53. The van der Waals surface area contributed by atoms with Gasteiger partial charge in [-0.25, -0.2) is 4.79 Å². The number of carbonyl (C=O) groups is 2. The molecular formula is C28H25N3O7. The third kappa shape index (κ3) is 4.88. The molecule has 0 radical (unpaired) electrons. The lowest BCUT2D eigenvalue weighted by Crippen LogP contribution is -2.43. The van der Waals surface area contributed by atoms with Crippen LogP contribution in [0.2, 0.25) is 0 Å². The van der Waals surface area contributed by atoms with Crippen LogP contribution in [0.25, 0.3) is 0 Å². The van der Waals surface area contributed by atoms with Gasteiger partial charge in [0.1, 0.15) is 12.4 Å². The molecule has 10 heteroatoms. The summed E-state index contributed by atoms with van der Waals surface area (Å²) >= 11 is 0. The predicted octanol–water partition coefficient (Wildman–Crippen LogP) is 4.97. The zero-order chi connectivity index (χ0) is 26.8. The molecule has 0 saturated carbocycles. The molecule has 1 fully saturated rings. The molecule has 38 heavy (non-hydrogen) atoms. The van der Waals surface area contributed by atoms with Gasteiger partial charge in [-0.2, -0.15) is 0 Å². The summed E-state index contributed by atoms with van der Waals surface area (Å²) in [5, 5.41) is 11.0. The van der Waals surface area contributed by atoms with Crippen molar-refractivity contribution in [1.82, 2.24) is 4.90 Å². The summed E-state index contributed by atoms with van der Waals surface area (Å²) < 4.78 is 17.2. The molecule has 5 rings (SSSR count). The van der Waals surface area contributed by atoms with Crippen LogP contribution in [-0.2, 0) is 6.61 Å². The summed E-state index contributed by atoms with van der Waals surface area (Å²) in [7, 11) is 1.49. The minimum atomic E-state index is -0.730. The van der Waals surface area contributed by atoms with Crippen molar-refractivity contribution in [2.45, 2.75) is 19.1 Å². The first-order valence-electron chi connectivity index (χ1n) is 11.9. The molecule has 2 heterocycles. The lowest BCUT2D eigenvalue weighted by atomic mass is 10.1. The Bertz CT molecular complexity index is 1410. The van der Waals surface area contributed by atoms with Crippen LogP contribution >= 0.6 is 0 Å². The maximum Gasteiger partial charge on any atom is 0.419 e. The summed E-state index contributed by atoms with van der Waals surface area (Å²) in [6.07, 6.45) is -0.179. The SMILES string of the molecule is C=C1C[C@H]2CN(C(=O)Oc3ccc([N+](=O)[O-])cc3)c3cc(OCc4ccccc4)c(OC)cc3C(=O)N2C1. The van der Waals surface area contributed by atoms with E-state index in [4.69, 9.17) is 14.2 Å². The number of rotatable bonds is 6. The minimum Gasteiger partial charge on any atom is -0.493 e. The standard InChI is InChI=1S/C28H25N3O7/c1-18-12-21-16-30(28(33)38-22-10-8-20(9-11-22)31(34)35)24-14-26(37-17-19-6-4-3-5-7-19)25(36-2)13-23(24)27(32)29(21)15-18/h3-11,13-14,21H,1,12,15-17H2,2H3/t21-/m0/s1. The van der Waals surface area contributed by atoms with Gasteiger partial charge in [0.25, 0.3) is 11.6 Å².